The molecule has 35 heavy (non-hydrogen) atoms. The second-order valence-corrected chi connectivity index (χ2v) is 9.20. The van der Waals surface area contributed by atoms with Crippen molar-refractivity contribution in [3.63, 3.8) is 0 Å². The van der Waals surface area contributed by atoms with Gasteiger partial charge in [0.2, 0.25) is 12.5 Å². The van der Waals surface area contributed by atoms with E-state index in [-0.39, 0.29) is 58.9 Å². The summed E-state index contributed by atoms with van der Waals surface area (Å²) >= 11 is 6.30. The second kappa shape index (κ2) is 10.4. The van der Waals surface area contributed by atoms with Crippen molar-refractivity contribution < 1.29 is 36.8 Å². The van der Waals surface area contributed by atoms with Crippen LogP contribution < -0.4 is 28.4 Å². The quantitative estimate of drug-likeness (QED) is 0.392. The van der Waals surface area contributed by atoms with Crippen LogP contribution in [0.5, 0.6) is 34.6 Å². The number of ether oxygens (including phenoxy) is 6. The number of fused-ring (bicyclic) bond motifs is 1. The Morgan fingerprint density at radius 2 is 1.86 bits per heavy atom. The van der Waals surface area contributed by atoms with Crippen LogP contribution in [0.4, 0.5) is 5.82 Å². The smallest absolute Gasteiger partial charge is 0.263 e. The van der Waals surface area contributed by atoms with Crippen molar-refractivity contribution in [2.75, 3.05) is 38.9 Å². The van der Waals surface area contributed by atoms with Crippen LogP contribution in [0.15, 0.2) is 41.3 Å². The third kappa shape index (κ3) is 5.61. The van der Waals surface area contributed by atoms with Crippen LogP contribution in [0.25, 0.3) is 0 Å². The van der Waals surface area contributed by atoms with Gasteiger partial charge in [-0.25, -0.2) is 13.4 Å². The molecule has 1 aromatic heterocycles. The molecule has 13 heteroatoms. The van der Waals surface area contributed by atoms with Crippen molar-refractivity contribution in [3.05, 3.63) is 47.2 Å². The zero-order valence-corrected chi connectivity index (χ0v) is 20.6. The molecule has 2 aromatic carbocycles. The predicted octanol–water partition coefficient (Wildman–Crippen LogP) is 3.79. The van der Waals surface area contributed by atoms with E-state index in [0.29, 0.717) is 17.2 Å². The molecule has 1 aliphatic heterocycles. The van der Waals surface area contributed by atoms with Gasteiger partial charge >= 0.3 is 0 Å². The molecule has 0 amide bonds. The van der Waals surface area contributed by atoms with Crippen LogP contribution in [0.3, 0.4) is 0 Å². The molecule has 2 heterocycles. The number of halogens is 1. The number of hydrogen-bond donors (Lipinski definition) is 1. The molecule has 1 aliphatic rings. The normalized spacial score (nSPS) is 12.3. The van der Waals surface area contributed by atoms with E-state index < -0.39 is 10.0 Å². The Kier molecular flexibility index (Phi) is 7.34. The summed E-state index contributed by atoms with van der Waals surface area (Å²) in [7, 11) is -1.11. The minimum atomic E-state index is -4.13. The van der Waals surface area contributed by atoms with Gasteiger partial charge in [-0.05, 0) is 31.2 Å². The van der Waals surface area contributed by atoms with Gasteiger partial charge in [0.05, 0.1) is 23.6 Å². The number of nitrogens with one attached hydrogen (secondary N) is 1. The van der Waals surface area contributed by atoms with Crippen LogP contribution in [0, 0.1) is 6.92 Å². The molecule has 0 unspecified atom stereocenters. The van der Waals surface area contributed by atoms with Crippen LogP contribution >= 0.6 is 11.6 Å². The SMILES string of the molecule is COCCOc1nc(C)nc(NS(=O)(=O)c2ccc3c(c2)OCO3)c1Oc1cc(OC)ccc1Cl. The van der Waals surface area contributed by atoms with Crippen LogP contribution in [0.2, 0.25) is 5.02 Å². The fraction of sp³-hybridized carbons (Fsp3) is 0.273. The fourth-order valence-electron chi connectivity index (χ4n) is 3.05. The van der Waals surface area contributed by atoms with Crippen LogP contribution in [-0.4, -0.2) is 52.6 Å². The number of hydrogen-bond acceptors (Lipinski definition) is 10. The summed E-state index contributed by atoms with van der Waals surface area (Å²) in [6.45, 7) is 1.99. The van der Waals surface area contributed by atoms with Crippen molar-refractivity contribution in [2.45, 2.75) is 11.8 Å². The number of rotatable bonds is 10. The lowest BCUT2D eigenvalue weighted by Crippen LogP contribution is -2.16. The molecule has 3 aromatic rings. The zero-order valence-electron chi connectivity index (χ0n) is 19.0. The van der Waals surface area contributed by atoms with E-state index in [0.717, 1.165) is 0 Å². The lowest BCUT2D eigenvalue weighted by molar-refractivity contribution is 0.141. The minimum absolute atomic E-state index is 0.00294. The summed E-state index contributed by atoms with van der Waals surface area (Å²) in [4.78, 5) is 8.45. The highest BCUT2D eigenvalue weighted by atomic mass is 35.5. The first-order chi connectivity index (χ1) is 16.8. The Balaban J connectivity index is 1.75. The largest absolute Gasteiger partial charge is 0.497 e. The van der Waals surface area contributed by atoms with Gasteiger partial charge in [0.1, 0.15) is 23.9 Å². The highest BCUT2D eigenvalue weighted by molar-refractivity contribution is 7.92. The van der Waals surface area contributed by atoms with E-state index in [4.69, 9.17) is 40.0 Å². The third-order valence-electron chi connectivity index (χ3n) is 4.71. The number of anilines is 1. The van der Waals surface area contributed by atoms with Crippen LogP contribution in [0.1, 0.15) is 5.82 Å². The molecule has 1 N–H and O–H groups in total. The van der Waals surface area contributed by atoms with E-state index in [9.17, 15) is 8.42 Å². The van der Waals surface area contributed by atoms with Crippen molar-refractivity contribution in [3.8, 4) is 34.6 Å². The number of aryl methyl sites for hydroxylation is 1. The maximum atomic E-state index is 13.2. The van der Waals surface area contributed by atoms with Crippen molar-refractivity contribution in [2.24, 2.45) is 0 Å². The van der Waals surface area contributed by atoms with Gasteiger partial charge < -0.3 is 28.4 Å². The molecule has 4 rings (SSSR count). The molecular weight excluding hydrogens is 502 g/mol. The fourth-order valence-corrected chi connectivity index (χ4v) is 4.22. The average molecular weight is 524 g/mol. The first kappa shape index (κ1) is 24.6. The molecule has 186 valence electrons. The summed E-state index contributed by atoms with van der Waals surface area (Å²) in [6, 6.07) is 9.02. The Hall–Kier alpha value is -3.48. The summed E-state index contributed by atoms with van der Waals surface area (Å²) in [5.41, 5.74) is 0. The Morgan fingerprint density at radius 1 is 1.06 bits per heavy atom. The van der Waals surface area contributed by atoms with E-state index >= 15 is 0 Å². The van der Waals surface area contributed by atoms with Gasteiger partial charge in [0.25, 0.3) is 15.9 Å². The molecule has 0 saturated carbocycles. The molecule has 0 bridgehead atoms. The predicted molar refractivity (Wildman–Crippen MR) is 126 cm³/mol. The number of nitrogens with zero attached hydrogens (tertiary/aromatic N) is 2. The standard InChI is InChI=1S/C22H22ClN3O8S/c1-13-24-21(26-35(27,28)15-5-7-17-19(11-15)33-12-32-17)20(22(25-13)31-9-8-29-2)34-18-10-14(30-3)4-6-16(18)23/h4-7,10-11H,8-9,12H2,1-3H3,(H,24,25,26). The van der Waals surface area contributed by atoms with Gasteiger partial charge in [0, 0.05) is 19.2 Å². The van der Waals surface area contributed by atoms with Gasteiger partial charge in [-0.3, -0.25) is 4.72 Å². The van der Waals surface area contributed by atoms with E-state index in [2.05, 4.69) is 14.7 Å². The summed E-state index contributed by atoms with van der Waals surface area (Å²) < 4.78 is 61.4. The van der Waals surface area contributed by atoms with Crippen molar-refractivity contribution in [1.82, 2.24) is 9.97 Å². The maximum absolute atomic E-state index is 13.2. The minimum Gasteiger partial charge on any atom is -0.497 e. The third-order valence-corrected chi connectivity index (χ3v) is 6.36. The average Bonchev–Trinajstić information content (AvgIpc) is 3.30. The van der Waals surface area contributed by atoms with Crippen molar-refractivity contribution >= 4 is 27.4 Å². The first-order valence-corrected chi connectivity index (χ1v) is 12.1. The number of methoxy groups -OCH3 is 2. The molecule has 0 radical (unpaired) electrons. The summed E-state index contributed by atoms with van der Waals surface area (Å²) in [5, 5.41) is 0.249. The first-order valence-electron chi connectivity index (χ1n) is 10.2. The second-order valence-electron chi connectivity index (χ2n) is 7.11. The van der Waals surface area contributed by atoms with E-state index in [1.54, 1.807) is 19.1 Å². The highest BCUT2D eigenvalue weighted by Crippen LogP contribution is 2.41. The van der Waals surface area contributed by atoms with Crippen LogP contribution in [-0.2, 0) is 14.8 Å². The monoisotopic (exact) mass is 523 g/mol. The lowest BCUT2D eigenvalue weighted by Gasteiger charge is -2.17. The Labute approximate surface area is 206 Å². The topological polar surface area (TPSA) is 127 Å². The Morgan fingerprint density at radius 3 is 2.63 bits per heavy atom. The molecule has 11 nitrogen and oxygen atoms in total. The lowest BCUT2D eigenvalue weighted by atomic mass is 10.3. The summed E-state index contributed by atoms with van der Waals surface area (Å²) in [5.74, 6) is 1.41. The number of aromatic nitrogens is 2. The number of sulfonamides is 1. The highest BCUT2D eigenvalue weighted by Gasteiger charge is 2.26. The van der Waals surface area contributed by atoms with Crippen molar-refractivity contribution in [1.29, 1.82) is 0 Å². The summed E-state index contributed by atoms with van der Waals surface area (Å²) in [6.07, 6.45) is 0. The molecule has 0 saturated heterocycles. The van der Waals surface area contributed by atoms with Gasteiger partial charge in [-0.15, -0.1) is 0 Å². The van der Waals surface area contributed by atoms with Gasteiger partial charge in [-0.1, -0.05) is 11.6 Å². The van der Waals surface area contributed by atoms with E-state index in [1.165, 1.54) is 38.5 Å². The van der Waals surface area contributed by atoms with E-state index in [1.807, 2.05) is 0 Å². The van der Waals surface area contributed by atoms with Gasteiger partial charge in [-0.2, -0.15) is 4.98 Å². The molecule has 0 fully saturated rings. The molecule has 0 aliphatic carbocycles. The molecule has 0 atom stereocenters. The molecular formula is C22H22ClN3O8S. The molecule has 0 spiro atoms. The zero-order chi connectivity index (χ0) is 25.0. The Bertz CT molecular complexity index is 1340. The number of benzene rings is 2. The van der Waals surface area contributed by atoms with Gasteiger partial charge in [0.15, 0.2) is 17.3 Å². The maximum Gasteiger partial charge on any atom is 0.263 e.